The minimum Gasteiger partial charge on any atom is -0.269 e. The number of benzene rings is 2. The van der Waals surface area contributed by atoms with Crippen LogP contribution in [-0.4, -0.2) is 50.4 Å². The average Bonchev–Trinajstić information content (AvgIpc) is 3.46. The van der Waals surface area contributed by atoms with E-state index in [0.29, 0.717) is 29.3 Å². The molecule has 2 aromatic heterocycles. The van der Waals surface area contributed by atoms with Crippen molar-refractivity contribution in [2.24, 2.45) is 0 Å². The second-order valence-electron chi connectivity index (χ2n) is 8.12. The fourth-order valence-corrected chi connectivity index (χ4v) is 6.06. The number of hydrogen-bond acceptors (Lipinski definition) is 5. The Hall–Kier alpha value is -3.08. The Bertz CT molecular complexity index is 1390. The van der Waals surface area contributed by atoms with Gasteiger partial charge < -0.3 is 0 Å². The van der Waals surface area contributed by atoms with Gasteiger partial charge in [-0.25, -0.2) is 8.42 Å². The van der Waals surface area contributed by atoms with E-state index in [1.807, 2.05) is 39.7 Å². The van der Waals surface area contributed by atoms with Gasteiger partial charge in [-0.15, -0.1) is 0 Å². The zero-order valence-electron chi connectivity index (χ0n) is 17.9. The molecule has 1 saturated heterocycles. The van der Waals surface area contributed by atoms with Crippen molar-refractivity contribution in [3.63, 3.8) is 0 Å². The molecule has 1 unspecified atom stereocenters. The average molecular weight is 481 g/mol. The van der Waals surface area contributed by atoms with E-state index in [4.69, 9.17) is 12.2 Å². The number of nitrogens with zero attached hydrogens (tertiary/aromatic N) is 5. The lowest BCUT2D eigenvalue weighted by atomic mass is 9.99. The zero-order valence-corrected chi connectivity index (χ0v) is 19.5. The van der Waals surface area contributed by atoms with Gasteiger partial charge in [-0.3, -0.25) is 14.3 Å². The molecule has 4 aromatic rings. The smallest absolute Gasteiger partial charge is 0.243 e. The molecule has 5 rings (SSSR count). The first-order valence-corrected chi connectivity index (χ1v) is 12.7. The van der Waals surface area contributed by atoms with Crippen molar-refractivity contribution in [1.82, 2.24) is 28.9 Å². The molecule has 0 radical (unpaired) electrons. The molecule has 33 heavy (non-hydrogen) atoms. The van der Waals surface area contributed by atoms with Crippen molar-refractivity contribution in [2.45, 2.75) is 30.2 Å². The lowest BCUT2D eigenvalue weighted by Crippen LogP contribution is -2.39. The number of aromatic nitrogens is 5. The van der Waals surface area contributed by atoms with Crippen LogP contribution in [0.2, 0.25) is 0 Å². The summed E-state index contributed by atoms with van der Waals surface area (Å²) in [6.45, 7) is 1.50. The summed E-state index contributed by atoms with van der Waals surface area (Å²) < 4.78 is 32.1. The highest BCUT2D eigenvalue weighted by Crippen LogP contribution is 2.30. The molecule has 170 valence electrons. The van der Waals surface area contributed by atoms with Gasteiger partial charge in [-0.2, -0.15) is 14.5 Å². The summed E-state index contributed by atoms with van der Waals surface area (Å²) in [5.74, 6) is 0.648. The first-order chi connectivity index (χ1) is 16.0. The number of sulfonamides is 1. The van der Waals surface area contributed by atoms with Crippen LogP contribution < -0.4 is 0 Å². The minimum atomic E-state index is -3.56. The number of nitrogens with one attached hydrogen (secondary N) is 1. The Morgan fingerprint density at radius 1 is 1.06 bits per heavy atom. The molecule has 1 N–H and O–H groups in total. The largest absolute Gasteiger partial charge is 0.269 e. The van der Waals surface area contributed by atoms with Gasteiger partial charge in [0.1, 0.15) is 5.82 Å². The molecule has 0 saturated carbocycles. The molecular weight excluding hydrogens is 456 g/mol. The molecule has 3 heterocycles. The number of rotatable bonds is 6. The van der Waals surface area contributed by atoms with E-state index in [2.05, 4.69) is 27.4 Å². The number of aromatic amines is 1. The maximum atomic E-state index is 13.2. The van der Waals surface area contributed by atoms with Crippen LogP contribution in [0.3, 0.4) is 0 Å². The van der Waals surface area contributed by atoms with E-state index in [1.54, 1.807) is 34.8 Å². The highest BCUT2D eigenvalue weighted by atomic mass is 32.2. The second kappa shape index (κ2) is 9.05. The van der Waals surface area contributed by atoms with Gasteiger partial charge in [0.15, 0.2) is 4.77 Å². The van der Waals surface area contributed by atoms with E-state index in [0.717, 1.165) is 29.9 Å². The van der Waals surface area contributed by atoms with E-state index in [1.165, 1.54) is 0 Å². The van der Waals surface area contributed by atoms with E-state index in [9.17, 15) is 8.42 Å². The quantitative estimate of drug-likeness (QED) is 0.425. The van der Waals surface area contributed by atoms with E-state index in [-0.39, 0.29) is 5.92 Å². The summed E-state index contributed by atoms with van der Waals surface area (Å²) in [7, 11) is -3.56. The van der Waals surface area contributed by atoms with Crippen molar-refractivity contribution in [2.75, 3.05) is 13.1 Å². The zero-order chi connectivity index (χ0) is 22.8. The van der Waals surface area contributed by atoms with Crippen LogP contribution in [0.5, 0.6) is 0 Å². The van der Waals surface area contributed by atoms with Crippen LogP contribution >= 0.6 is 12.2 Å². The molecule has 8 nitrogen and oxygen atoms in total. The highest BCUT2D eigenvalue weighted by Gasteiger charge is 2.33. The highest BCUT2D eigenvalue weighted by molar-refractivity contribution is 7.89. The van der Waals surface area contributed by atoms with Gasteiger partial charge in [-0.1, -0.05) is 48.5 Å². The van der Waals surface area contributed by atoms with Gasteiger partial charge in [-0.05, 0) is 42.8 Å². The van der Waals surface area contributed by atoms with Crippen LogP contribution in [0.25, 0.3) is 5.69 Å². The van der Waals surface area contributed by atoms with Crippen LogP contribution in [0.1, 0.15) is 30.1 Å². The Morgan fingerprint density at radius 2 is 1.79 bits per heavy atom. The maximum Gasteiger partial charge on any atom is 0.243 e. The van der Waals surface area contributed by atoms with Crippen LogP contribution in [-0.2, 0) is 16.6 Å². The number of hydrogen-bond donors (Lipinski definition) is 1. The van der Waals surface area contributed by atoms with Crippen LogP contribution in [0.4, 0.5) is 0 Å². The number of H-pyrrole nitrogens is 1. The third kappa shape index (κ3) is 4.41. The van der Waals surface area contributed by atoms with Crippen molar-refractivity contribution in [3.8, 4) is 5.69 Å². The summed E-state index contributed by atoms with van der Waals surface area (Å²) in [4.78, 5) is 0.312. The summed E-state index contributed by atoms with van der Waals surface area (Å²) in [6, 6.07) is 18.7. The Labute approximate surface area is 197 Å². The molecule has 1 aliphatic rings. The minimum absolute atomic E-state index is 0.0809. The topological polar surface area (TPSA) is 88.8 Å². The lowest BCUT2D eigenvalue weighted by molar-refractivity contribution is 0.307. The molecule has 2 aromatic carbocycles. The van der Waals surface area contributed by atoms with Gasteiger partial charge in [0, 0.05) is 25.2 Å². The summed E-state index contributed by atoms with van der Waals surface area (Å²) in [6.07, 6.45) is 5.28. The Kier molecular flexibility index (Phi) is 5.96. The molecule has 0 aliphatic carbocycles. The molecule has 1 fully saturated rings. The molecule has 0 amide bonds. The van der Waals surface area contributed by atoms with Crippen LogP contribution in [0.15, 0.2) is 78.0 Å². The monoisotopic (exact) mass is 480 g/mol. The fraction of sp³-hybridized carbons (Fsp3) is 0.261. The maximum absolute atomic E-state index is 13.2. The number of piperidine rings is 1. The van der Waals surface area contributed by atoms with Crippen molar-refractivity contribution >= 4 is 22.2 Å². The molecule has 10 heteroatoms. The predicted octanol–water partition coefficient (Wildman–Crippen LogP) is 3.74. The summed E-state index contributed by atoms with van der Waals surface area (Å²) >= 11 is 5.52. The second-order valence-corrected chi connectivity index (χ2v) is 10.4. The normalized spacial score (nSPS) is 17.3. The van der Waals surface area contributed by atoms with Gasteiger partial charge in [0.25, 0.3) is 0 Å². The summed E-state index contributed by atoms with van der Waals surface area (Å²) in [5, 5.41) is 11.9. The fourth-order valence-electron chi connectivity index (χ4n) is 4.27. The van der Waals surface area contributed by atoms with E-state index < -0.39 is 10.0 Å². The molecular formula is C23H24N6O2S2. The third-order valence-corrected chi connectivity index (χ3v) is 8.05. The third-order valence-electron chi connectivity index (χ3n) is 5.89. The molecule has 1 atom stereocenters. The van der Waals surface area contributed by atoms with Gasteiger partial charge >= 0.3 is 0 Å². The Morgan fingerprint density at radius 3 is 2.55 bits per heavy atom. The first-order valence-electron chi connectivity index (χ1n) is 10.8. The summed E-state index contributed by atoms with van der Waals surface area (Å²) in [5.41, 5.74) is 1.96. The van der Waals surface area contributed by atoms with Crippen molar-refractivity contribution < 1.29 is 8.42 Å². The molecule has 0 bridgehead atoms. The van der Waals surface area contributed by atoms with E-state index >= 15 is 0 Å². The standard InChI is InChI=1S/C23H24N6O2S2/c30-33(31,21-11-5-2-6-12-21)28-13-7-10-19(16-28)22-25-26-23(32)29(22)20-14-24-27(17-20)15-18-8-3-1-4-9-18/h1-6,8-9,11-12,14,17,19H,7,10,13,15-16H2,(H,26,32). The van der Waals surface area contributed by atoms with Gasteiger partial charge in [0.2, 0.25) is 10.0 Å². The van der Waals surface area contributed by atoms with Crippen molar-refractivity contribution in [1.29, 1.82) is 0 Å². The lowest BCUT2D eigenvalue weighted by Gasteiger charge is -2.31. The van der Waals surface area contributed by atoms with Crippen LogP contribution in [0, 0.1) is 4.77 Å². The molecule has 0 spiro atoms. The Balaban J connectivity index is 1.41. The predicted molar refractivity (Wildman–Crippen MR) is 127 cm³/mol. The SMILES string of the molecule is O=S(=O)(c1ccccc1)N1CCCC(c2n[nH]c(=S)n2-c2cnn(Cc3ccccc3)c2)C1. The molecule has 1 aliphatic heterocycles. The first kappa shape index (κ1) is 21.7. The van der Waals surface area contributed by atoms with Crippen molar-refractivity contribution in [3.05, 3.63) is 89.2 Å². The van der Waals surface area contributed by atoms with Gasteiger partial charge in [0.05, 0.1) is 23.3 Å².